The highest BCUT2D eigenvalue weighted by Gasteiger charge is 2.07. The van der Waals surface area contributed by atoms with Crippen LogP contribution in [0.4, 0.5) is 9.52 Å². The summed E-state index contributed by atoms with van der Waals surface area (Å²) in [6.45, 7) is 3.92. The quantitative estimate of drug-likeness (QED) is 0.449. The molecule has 0 fully saturated rings. The molecule has 0 atom stereocenters. The number of thiazole rings is 1. The van der Waals surface area contributed by atoms with Gasteiger partial charge in [-0.1, -0.05) is 0 Å². The molecule has 0 aliphatic heterocycles. The van der Waals surface area contributed by atoms with Crippen LogP contribution < -0.4 is 14.9 Å². The maximum Gasteiger partial charge on any atom is 0.203 e. The molecule has 2 aromatic carbocycles. The van der Waals surface area contributed by atoms with E-state index in [-0.39, 0.29) is 11.9 Å². The van der Waals surface area contributed by atoms with Crippen molar-refractivity contribution in [2.45, 2.75) is 20.0 Å². The molecular weight excluding hydrogens is 365 g/mol. The number of nitrogens with zero attached hydrogens (tertiary/aromatic N) is 2. The summed E-state index contributed by atoms with van der Waals surface area (Å²) in [6.07, 6.45) is 1.73. The minimum Gasteiger partial charge on any atom is -0.493 e. The smallest absolute Gasteiger partial charge is 0.203 e. The molecule has 0 radical (unpaired) electrons. The van der Waals surface area contributed by atoms with Gasteiger partial charge in [0.2, 0.25) is 5.13 Å². The lowest BCUT2D eigenvalue weighted by Crippen LogP contribution is -2.07. The van der Waals surface area contributed by atoms with Crippen molar-refractivity contribution < 1.29 is 13.9 Å². The third-order valence-electron chi connectivity index (χ3n) is 3.57. The van der Waals surface area contributed by atoms with Gasteiger partial charge in [0.25, 0.3) is 0 Å². The minimum absolute atomic E-state index is 0.0458. The van der Waals surface area contributed by atoms with Crippen molar-refractivity contribution in [1.29, 1.82) is 0 Å². The molecule has 1 N–H and O–H groups in total. The largest absolute Gasteiger partial charge is 0.493 e. The van der Waals surface area contributed by atoms with Gasteiger partial charge in [0.15, 0.2) is 11.5 Å². The van der Waals surface area contributed by atoms with Crippen LogP contribution in [-0.4, -0.2) is 24.4 Å². The molecule has 5 nitrogen and oxygen atoms in total. The monoisotopic (exact) mass is 385 g/mol. The first-order chi connectivity index (χ1) is 13.0. The second-order valence-electron chi connectivity index (χ2n) is 5.99. The minimum atomic E-state index is -0.266. The lowest BCUT2D eigenvalue weighted by molar-refractivity contribution is 0.230. The number of aromatic nitrogens is 1. The Morgan fingerprint density at radius 3 is 2.63 bits per heavy atom. The molecule has 0 aliphatic rings. The Labute approximate surface area is 161 Å². The molecule has 27 heavy (non-hydrogen) atoms. The van der Waals surface area contributed by atoms with Gasteiger partial charge in [0.05, 0.1) is 25.1 Å². The van der Waals surface area contributed by atoms with Crippen molar-refractivity contribution in [3.05, 3.63) is 59.2 Å². The average molecular weight is 385 g/mol. The Bertz CT molecular complexity index is 923. The summed E-state index contributed by atoms with van der Waals surface area (Å²) in [6, 6.07) is 11.8. The van der Waals surface area contributed by atoms with Gasteiger partial charge in [-0.15, -0.1) is 11.3 Å². The number of hydrazone groups is 1. The normalized spacial score (nSPS) is 11.1. The van der Waals surface area contributed by atoms with E-state index in [4.69, 9.17) is 9.47 Å². The van der Waals surface area contributed by atoms with Crippen LogP contribution in [0.25, 0.3) is 11.3 Å². The van der Waals surface area contributed by atoms with Gasteiger partial charge in [-0.25, -0.2) is 9.37 Å². The first kappa shape index (κ1) is 18.8. The van der Waals surface area contributed by atoms with Crippen LogP contribution in [0.15, 0.2) is 52.9 Å². The number of halogens is 1. The highest BCUT2D eigenvalue weighted by Crippen LogP contribution is 2.29. The topological polar surface area (TPSA) is 55.7 Å². The number of rotatable bonds is 7. The van der Waals surface area contributed by atoms with Crippen LogP contribution in [0.1, 0.15) is 19.4 Å². The van der Waals surface area contributed by atoms with E-state index in [2.05, 4.69) is 15.5 Å². The van der Waals surface area contributed by atoms with Gasteiger partial charge in [-0.2, -0.15) is 5.10 Å². The summed E-state index contributed by atoms with van der Waals surface area (Å²) >= 11 is 1.43. The predicted octanol–water partition coefficient (Wildman–Crippen LogP) is 5.19. The van der Waals surface area contributed by atoms with Crippen LogP contribution in [0.2, 0.25) is 0 Å². The van der Waals surface area contributed by atoms with E-state index in [9.17, 15) is 4.39 Å². The Morgan fingerprint density at radius 2 is 1.93 bits per heavy atom. The van der Waals surface area contributed by atoms with E-state index in [1.54, 1.807) is 25.5 Å². The number of hydrogen-bond acceptors (Lipinski definition) is 6. The molecule has 1 heterocycles. The maximum absolute atomic E-state index is 13.0. The van der Waals surface area contributed by atoms with Crippen LogP contribution >= 0.6 is 11.3 Å². The zero-order valence-corrected chi connectivity index (χ0v) is 16.1. The summed E-state index contributed by atoms with van der Waals surface area (Å²) in [5.41, 5.74) is 5.41. The molecule has 0 bridgehead atoms. The Morgan fingerprint density at radius 1 is 1.15 bits per heavy atom. The number of benzene rings is 2. The Kier molecular flexibility index (Phi) is 6.03. The lowest BCUT2D eigenvalue weighted by Gasteiger charge is -2.13. The molecule has 0 unspecified atom stereocenters. The van der Waals surface area contributed by atoms with E-state index in [1.807, 2.05) is 37.4 Å². The molecule has 0 saturated heterocycles. The predicted molar refractivity (Wildman–Crippen MR) is 107 cm³/mol. The fourth-order valence-electron chi connectivity index (χ4n) is 2.36. The zero-order valence-electron chi connectivity index (χ0n) is 15.3. The molecular formula is C20H20FN3O2S. The average Bonchev–Trinajstić information content (AvgIpc) is 3.11. The lowest BCUT2D eigenvalue weighted by atomic mass is 10.2. The molecule has 7 heteroatoms. The van der Waals surface area contributed by atoms with E-state index in [0.717, 1.165) is 16.8 Å². The first-order valence-electron chi connectivity index (χ1n) is 8.40. The van der Waals surface area contributed by atoms with Gasteiger partial charge in [-0.3, -0.25) is 5.43 Å². The van der Waals surface area contributed by atoms with Crippen molar-refractivity contribution in [3.63, 3.8) is 0 Å². The van der Waals surface area contributed by atoms with Crippen LogP contribution in [0.5, 0.6) is 11.5 Å². The summed E-state index contributed by atoms with van der Waals surface area (Å²) in [5, 5.41) is 6.77. The fourth-order valence-corrected chi connectivity index (χ4v) is 3.03. The third-order valence-corrected chi connectivity index (χ3v) is 4.32. The molecule has 3 rings (SSSR count). The number of ether oxygens (including phenoxy) is 2. The molecule has 0 spiro atoms. The highest BCUT2D eigenvalue weighted by molar-refractivity contribution is 7.14. The summed E-state index contributed by atoms with van der Waals surface area (Å²) in [4.78, 5) is 4.45. The summed E-state index contributed by atoms with van der Waals surface area (Å²) in [7, 11) is 1.61. The molecule has 140 valence electrons. The number of anilines is 1. The van der Waals surface area contributed by atoms with E-state index < -0.39 is 0 Å². The zero-order chi connectivity index (χ0) is 19.2. The van der Waals surface area contributed by atoms with Crippen molar-refractivity contribution in [2.24, 2.45) is 5.10 Å². The van der Waals surface area contributed by atoms with Gasteiger partial charge in [0.1, 0.15) is 5.82 Å². The van der Waals surface area contributed by atoms with Crippen molar-refractivity contribution in [3.8, 4) is 22.8 Å². The number of nitrogens with one attached hydrogen (secondary N) is 1. The van der Waals surface area contributed by atoms with Gasteiger partial charge < -0.3 is 9.47 Å². The Balaban J connectivity index is 1.68. The first-order valence-corrected chi connectivity index (χ1v) is 9.28. The van der Waals surface area contributed by atoms with E-state index >= 15 is 0 Å². The second-order valence-corrected chi connectivity index (χ2v) is 6.85. The highest BCUT2D eigenvalue weighted by atomic mass is 32.1. The van der Waals surface area contributed by atoms with Crippen LogP contribution in [-0.2, 0) is 0 Å². The molecule has 0 aliphatic carbocycles. The fraction of sp³-hybridized carbons (Fsp3) is 0.200. The van der Waals surface area contributed by atoms with Gasteiger partial charge in [0, 0.05) is 10.9 Å². The van der Waals surface area contributed by atoms with Gasteiger partial charge in [-0.05, 0) is 61.9 Å². The number of hydrogen-bond donors (Lipinski definition) is 1. The second kappa shape index (κ2) is 8.64. The SMILES string of the molecule is COc1ccc(/C=N\Nc2nc(-c3ccc(F)cc3)cs2)cc1OC(C)C. The maximum atomic E-state index is 13.0. The summed E-state index contributed by atoms with van der Waals surface area (Å²) < 4.78 is 24.1. The van der Waals surface area contributed by atoms with Crippen molar-refractivity contribution >= 4 is 22.7 Å². The van der Waals surface area contributed by atoms with Crippen LogP contribution in [0, 0.1) is 5.82 Å². The molecule has 3 aromatic rings. The number of methoxy groups -OCH3 is 1. The van der Waals surface area contributed by atoms with Crippen molar-refractivity contribution in [1.82, 2.24) is 4.98 Å². The molecule has 1 aromatic heterocycles. The van der Waals surface area contributed by atoms with E-state index in [0.29, 0.717) is 16.6 Å². The standard InChI is InChI=1S/C20H20FN3O2S/c1-13(2)26-19-10-14(4-9-18(19)25-3)11-22-24-20-23-17(12-27-20)15-5-7-16(21)8-6-15/h4-13H,1-3H3,(H,23,24)/b22-11-. The van der Waals surface area contributed by atoms with E-state index in [1.165, 1.54) is 23.5 Å². The third kappa shape index (κ3) is 5.04. The van der Waals surface area contributed by atoms with Crippen LogP contribution in [0.3, 0.4) is 0 Å². The Hall–Kier alpha value is -2.93. The van der Waals surface area contributed by atoms with Gasteiger partial charge >= 0.3 is 0 Å². The summed E-state index contributed by atoms with van der Waals surface area (Å²) in [5.74, 6) is 1.08. The molecule has 0 amide bonds. The molecule has 0 saturated carbocycles. The van der Waals surface area contributed by atoms with Crippen molar-refractivity contribution in [2.75, 3.05) is 12.5 Å².